The molecule has 0 amide bonds. The predicted molar refractivity (Wildman–Crippen MR) is 62.9 cm³/mol. The minimum absolute atomic E-state index is 0.653. The maximum Gasteiger partial charge on any atom is 0.0303 e. The molecule has 1 nitrogen and oxygen atoms in total. The van der Waals surface area contributed by atoms with E-state index in [0.717, 1.165) is 0 Å². The molecule has 1 fully saturated rings. The van der Waals surface area contributed by atoms with Crippen LogP contribution in [0.25, 0.3) is 0 Å². The Morgan fingerprint density at radius 1 is 1.29 bits per heavy atom. The normalized spacial score (nSPS) is 27.6. The van der Waals surface area contributed by atoms with Gasteiger partial charge < -0.3 is 0 Å². The number of aryl methyl sites for hydroxylation is 1. The van der Waals surface area contributed by atoms with Crippen molar-refractivity contribution in [2.75, 3.05) is 0 Å². The lowest BCUT2D eigenvalue weighted by molar-refractivity contribution is 0.460. The van der Waals surface area contributed by atoms with Gasteiger partial charge in [0.15, 0.2) is 0 Å². The van der Waals surface area contributed by atoms with Crippen LogP contribution in [0.5, 0.6) is 0 Å². The van der Waals surface area contributed by atoms with E-state index in [1.807, 2.05) is 12.4 Å². The van der Waals surface area contributed by atoms with Gasteiger partial charge in [0.25, 0.3) is 0 Å². The molecular weight excluding hydrogens is 238 g/mol. The third-order valence-corrected chi connectivity index (χ3v) is 4.10. The zero-order chi connectivity index (χ0) is 9.97. The van der Waals surface area contributed by atoms with E-state index in [2.05, 4.69) is 33.9 Å². The number of hydrogen-bond acceptors (Lipinski definition) is 1. The first kappa shape index (κ1) is 10.2. The molecule has 0 aliphatic heterocycles. The highest BCUT2D eigenvalue weighted by Gasteiger charge is 2.24. The van der Waals surface area contributed by atoms with E-state index in [0.29, 0.717) is 10.7 Å². The van der Waals surface area contributed by atoms with E-state index in [-0.39, 0.29) is 0 Å². The summed E-state index contributed by atoms with van der Waals surface area (Å²) in [6.07, 6.45) is 9.29. The van der Waals surface area contributed by atoms with E-state index in [4.69, 9.17) is 0 Å². The smallest absolute Gasteiger partial charge is 0.0303 e. The predicted octanol–water partition coefficient (Wildman–Crippen LogP) is 3.81. The van der Waals surface area contributed by atoms with Crippen LogP contribution in [-0.2, 0) is 0 Å². The summed E-state index contributed by atoms with van der Waals surface area (Å²) in [4.78, 5) is 4.93. The second-order valence-corrected chi connectivity index (χ2v) is 5.38. The quantitative estimate of drug-likeness (QED) is 0.694. The molecule has 1 saturated carbocycles. The Balaban J connectivity index is 2.20. The minimum atomic E-state index is 0.653. The van der Waals surface area contributed by atoms with Crippen LogP contribution in [0.1, 0.15) is 42.7 Å². The number of pyridine rings is 1. The zero-order valence-corrected chi connectivity index (χ0v) is 10.1. The van der Waals surface area contributed by atoms with Gasteiger partial charge in [0.2, 0.25) is 0 Å². The summed E-state index contributed by atoms with van der Waals surface area (Å²) in [7, 11) is 0. The summed E-state index contributed by atoms with van der Waals surface area (Å²) in [6.45, 7) is 2.11. The fraction of sp³-hybridized carbons (Fsp3) is 0.583. The van der Waals surface area contributed by atoms with Crippen LogP contribution >= 0.6 is 15.9 Å². The van der Waals surface area contributed by atoms with Crippen molar-refractivity contribution in [3.8, 4) is 0 Å². The first-order chi connectivity index (χ1) is 6.77. The Labute approximate surface area is 94.1 Å². The van der Waals surface area contributed by atoms with Crippen molar-refractivity contribution < 1.29 is 0 Å². The highest BCUT2D eigenvalue weighted by molar-refractivity contribution is 9.09. The zero-order valence-electron chi connectivity index (χ0n) is 8.54. The number of halogens is 1. The molecule has 1 aromatic heterocycles. The van der Waals surface area contributed by atoms with Crippen molar-refractivity contribution in [2.45, 2.75) is 43.4 Å². The molecule has 0 bridgehead atoms. The average Bonchev–Trinajstić information content (AvgIpc) is 2.18. The van der Waals surface area contributed by atoms with Gasteiger partial charge in [-0.3, -0.25) is 4.98 Å². The van der Waals surface area contributed by atoms with E-state index < -0.39 is 0 Å². The lowest BCUT2D eigenvalue weighted by Gasteiger charge is -2.27. The van der Waals surface area contributed by atoms with Crippen LogP contribution in [0, 0.1) is 6.92 Å². The molecule has 0 radical (unpaired) electrons. The molecule has 2 atom stereocenters. The van der Waals surface area contributed by atoms with Crippen molar-refractivity contribution in [3.05, 3.63) is 29.6 Å². The van der Waals surface area contributed by atoms with Gasteiger partial charge in [-0.05, 0) is 36.8 Å². The van der Waals surface area contributed by atoms with Gasteiger partial charge in [-0.15, -0.1) is 0 Å². The maximum atomic E-state index is 4.27. The number of nitrogens with zero attached hydrogens (tertiary/aromatic N) is 1. The summed E-state index contributed by atoms with van der Waals surface area (Å²) in [5.74, 6) is 0.677. The summed E-state index contributed by atoms with van der Waals surface area (Å²) in [5.41, 5.74) is 2.68. The van der Waals surface area contributed by atoms with Gasteiger partial charge in [0.1, 0.15) is 0 Å². The molecule has 1 aliphatic carbocycles. The molecule has 1 aliphatic rings. The fourth-order valence-electron chi connectivity index (χ4n) is 2.24. The standard InChI is InChI=1S/C12H16BrN/c1-9-6-10(8-14-7-9)11-4-2-3-5-12(11)13/h6-8,11-12H,2-5H2,1H3. The Kier molecular flexibility index (Phi) is 3.22. The lowest BCUT2D eigenvalue weighted by Crippen LogP contribution is -2.17. The van der Waals surface area contributed by atoms with Gasteiger partial charge in [0.05, 0.1) is 0 Å². The molecule has 0 saturated heterocycles. The largest absolute Gasteiger partial charge is 0.264 e. The average molecular weight is 254 g/mol. The fourth-order valence-corrected chi connectivity index (χ4v) is 3.14. The highest BCUT2D eigenvalue weighted by atomic mass is 79.9. The molecule has 76 valence electrons. The van der Waals surface area contributed by atoms with Crippen LogP contribution in [-0.4, -0.2) is 9.81 Å². The molecule has 2 rings (SSSR count). The molecular formula is C12H16BrN. The second-order valence-electron chi connectivity index (χ2n) is 4.20. The highest BCUT2D eigenvalue weighted by Crippen LogP contribution is 2.37. The number of aromatic nitrogens is 1. The Hall–Kier alpha value is -0.370. The Morgan fingerprint density at radius 3 is 2.79 bits per heavy atom. The molecule has 0 aromatic carbocycles. The molecule has 2 heteroatoms. The van der Waals surface area contributed by atoms with Crippen LogP contribution < -0.4 is 0 Å². The van der Waals surface area contributed by atoms with E-state index >= 15 is 0 Å². The van der Waals surface area contributed by atoms with Crippen molar-refractivity contribution in [1.82, 2.24) is 4.98 Å². The topological polar surface area (TPSA) is 12.9 Å². The SMILES string of the molecule is Cc1cncc(C2CCCCC2Br)c1. The molecule has 1 heterocycles. The summed E-state index contributed by atoms with van der Waals surface area (Å²) < 4.78 is 0. The third kappa shape index (κ3) is 2.17. The van der Waals surface area contributed by atoms with Gasteiger partial charge in [-0.1, -0.05) is 34.8 Å². The van der Waals surface area contributed by atoms with Crippen molar-refractivity contribution in [2.24, 2.45) is 0 Å². The van der Waals surface area contributed by atoms with Gasteiger partial charge in [0, 0.05) is 17.2 Å². The van der Waals surface area contributed by atoms with Crippen molar-refractivity contribution in [3.63, 3.8) is 0 Å². The number of rotatable bonds is 1. The van der Waals surface area contributed by atoms with Crippen molar-refractivity contribution in [1.29, 1.82) is 0 Å². The molecule has 0 N–H and O–H groups in total. The van der Waals surface area contributed by atoms with Gasteiger partial charge in [-0.2, -0.15) is 0 Å². The Morgan fingerprint density at radius 2 is 2.07 bits per heavy atom. The molecule has 2 unspecified atom stereocenters. The first-order valence-corrected chi connectivity index (χ1v) is 6.24. The van der Waals surface area contributed by atoms with E-state index in [9.17, 15) is 0 Å². The van der Waals surface area contributed by atoms with Crippen LogP contribution in [0.4, 0.5) is 0 Å². The molecule has 14 heavy (non-hydrogen) atoms. The lowest BCUT2D eigenvalue weighted by atomic mass is 9.84. The summed E-state index contributed by atoms with van der Waals surface area (Å²) in [6, 6.07) is 2.28. The van der Waals surface area contributed by atoms with Gasteiger partial charge in [-0.25, -0.2) is 0 Å². The van der Waals surface area contributed by atoms with E-state index in [1.165, 1.54) is 36.8 Å². The monoisotopic (exact) mass is 253 g/mol. The van der Waals surface area contributed by atoms with Gasteiger partial charge >= 0.3 is 0 Å². The second kappa shape index (κ2) is 4.43. The summed E-state index contributed by atoms with van der Waals surface area (Å²) >= 11 is 3.79. The number of alkyl halides is 1. The molecule has 0 spiro atoms. The first-order valence-electron chi connectivity index (χ1n) is 5.33. The van der Waals surface area contributed by atoms with Crippen LogP contribution in [0.2, 0.25) is 0 Å². The van der Waals surface area contributed by atoms with Crippen LogP contribution in [0.3, 0.4) is 0 Å². The summed E-state index contributed by atoms with van der Waals surface area (Å²) in [5, 5.41) is 0. The van der Waals surface area contributed by atoms with Crippen molar-refractivity contribution >= 4 is 15.9 Å². The van der Waals surface area contributed by atoms with Crippen LogP contribution in [0.15, 0.2) is 18.5 Å². The maximum absolute atomic E-state index is 4.27. The molecule has 1 aromatic rings. The Bertz CT molecular complexity index is 311. The minimum Gasteiger partial charge on any atom is -0.264 e. The van der Waals surface area contributed by atoms with E-state index in [1.54, 1.807) is 0 Å². The number of hydrogen-bond donors (Lipinski definition) is 0. The third-order valence-electron chi connectivity index (χ3n) is 3.01.